The number of nitrogens with one attached hydrogen (secondary N) is 1. The number of halogens is 3. The summed E-state index contributed by atoms with van der Waals surface area (Å²) < 4.78 is 40.5. The van der Waals surface area contributed by atoms with Crippen molar-refractivity contribution in [1.82, 2.24) is 0 Å². The van der Waals surface area contributed by atoms with Gasteiger partial charge in [-0.2, -0.15) is 13.2 Å². The Morgan fingerprint density at radius 1 is 0.808 bits per heavy atom. The van der Waals surface area contributed by atoms with Gasteiger partial charge in [0.05, 0.1) is 22.6 Å². The van der Waals surface area contributed by atoms with Crippen LogP contribution in [0.25, 0.3) is 0 Å². The molecule has 3 aromatic rings. The van der Waals surface area contributed by atoms with Crippen LogP contribution in [0.5, 0.6) is 0 Å². The Hall–Kier alpha value is -3.28. The summed E-state index contributed by atoms with van der Waals surface area (Å²) in [7, 11) is 0. The fourth-order valence-electron chi connectivity index (χ4n) is 2.54. The third-order valence-electron chi connectivity index (χ3n) is 3.85. The zero-order valence-corrected chi connectivity index (χ0v) is 13.5. The van der Waals surface area contributed by atoms with Crippen LogP contribution in [0, 0.1) is 0 Å². The molecule has 0 spiro atoms. The average Bonchev–Trinajstić information content (AvgIpc) is 2.63. The molecule has 3 nitrogen and oxygen atoms in total. The predicted molar refractivity (Wildman–Crippen MR) is 95.5 cm³/mol. The maximum Gasteiger partial charge on any atom is 0.418 e. The lowest BCUT2D eigenvalue weighted by atomic mass is 10.00. The highest BCUT2D eigenvalue weighted by atomic mass is 19.4. The number of anilines is 3. The quantitative estimate of drug-likeness (QED) is 0.495. The van der Waals surface area contributed by atoms with Gasteiger partial charge in [-0.25, -0.2) is 0 Å². The van der Waals surface area contributed by atoms with Crippen LogP contribution >= 0.6 is 0 Å². The topological polar surface area (TPSA) is 55.1 Å². The van der Waals surface area contributed by atoms with Crippen LogP contribution in [0.15, 0.2) is 72.8 Å². The zero-order chi connectivity index (χ0) is 18.7. The van der Waals surface area contributed by atoms with Crippen LogP contribution in [0.4, 0.5) is 30.2 Å². The van der Waals surface area contributed by atoms with Gasteiger partial charge in [0.1, 0.15) is 0 Å². The molecule has 0 atom stereocenters. The van der Waals surface area contributed by atoms with Gasteiger partial charge in [-0.15, -0.1) is 0 Å². The van der Waals surface area contributed by atoms with Gasteiger partial charge in [-0.1, -0.05) is 42.5 Å². The standard InChI is InChI=1S/C20H15F3N2O/c21-20(22,23)15-12-14(19(26)13-6-2-1-3-7-13)10-11-17(15)25-18-9-5-4-8-16(18)24/h1-12,25H,24H2. The maximum atomic E-state index is 13.5. The number of carbonyl (C=O) groups excluding carboxylic acids is 1. The van der Waals surface area contributed by atoms with E-state index in [1.165, 1.54) is 12.1 Å². The number of ketones is 1. The minimum absolute atomic E-state index is 0.0323. The number of nitrogens with two attached hydrogens (primary N) is 1. The van der Waals surface area contributed by atoms with Gasteiger partial charge in [0.2, 0.25) is 0 Å². The van der Waals surface area contributed by atoms with Crippen molar-refractivity contribution in [2.24, 2.45) is 0 Å². The Morgan fingerprint density at radius 3 is 2.12 bits per heavy atom. The smallest absolute Gasteiger partial charge is 0.397 e. The lowest BCUT2D eigenvalue weighted by molar-refractivity contribution is -0.136. The normalized spacial score (nSPS) is 11.2. The van der Waals surface area contributed by atoms with Gasteiger partial charge < -0.3 is 11.1 Å². The fraction of sp³-hybridized carbons (Fsp3) is 0.0500. The first-order chi connectivity index (χ1) is 12.4. The first-order valence-electron chi connectivity index (χ1n) is 7.79. The van der Waals surface area contributed by atoms with E-state index in [0.717, 1.165) is 6.07 Å². The van der Waals surface area contributed by atoms with Crippen molar-refractivity contribution in [2.75, 3.05) is 11.1 Å². The number of hydrogen-bond donors (Lipinski definition) is 2. The molecule has 3 N–H and O–H groups in total. The van der Waals surface area contributed by atoms with E-state index in [1.54, 1.807) is 54.6 Å². The van der Waals surface area contributed by atoms with E-state index >= 15 is 0 Å². The monoisotopic (exact) mass is 356 g/mol. The fourth-order valence-corrected chi connectivity index (χ4v) is 2.54. The number of benzene rings is 3. The summed E-state index contributed by atoms with van der Waals surface area (Å²) in [6.07, 6.45) is -4.63. The average molecular weight is 356 g/mol. The second-order valence-electron chi connectivity index (χ2n) is 5.67. The molecule has 3 rings (SSSR count). The number of carbonyl (C=O) groups is 1. The van der Waals surface area contributed by atoms with Crippen LogP contribution in [0.2, 0.25) is 0 Å². The zero-order valence-electron chi connectivity index (χ0n) is 13.5. The van der Waals surface area contributed by atoms with Gasteiger partial charge in [0, 0.05) is 11.1 Å². The highest BCUT2D eigenvalue weighted by Crippen LogP contribution is 2.37. The molecule has 0 radical (unpaired) electrons. The Kier molecular flexibility index (Phi) is 4.67. The third-order valence-corrected chi connectivity index (χ3v) is 3.85. The van der Waals surface area contributed by atoms with Gasteiger partial charge >= 0.3 is 6.18 Å². The molecule has 0 unspecified atom stereocenters. The Labute approximate surface area is 148 Å². The maximum absolute atomic E-state index is 13.5. The molecule has 6 heteroatoms. The molecule has 26 heavy (non-hydrogen) atoms. The molecular formula is C20H15F3N2O. The van der Waals surface area contributed by atoms with E-state index in [-0.39, 0.29) is 11.3 Å². The molecule has 0 aromatic heterocycles. The number of hydrogen-bond acceptors (Lipinski definition) is 3. The second-order valence-corrected chi connectivity index (χ2v) is 5.67. The number of para-hydroxylation sites is 2. The first kappa shape index (κ1) is 17.5. The second kappa shape index (κ2) is 6.92. The van der Waals surface area contributed by atoms with Crippen molar-refractivity contribution in [2.45, 2.75) is 6.18 Å². The van der Waals surface area contributed by atoms with Crippen molar-refractivity contribution in [3.05, 3.63) is 89.5 Å². The van der Waals surface area contributed by atoms with Gasteiger partial charge in [0.25, 0.3) is 0 Å². The van der Waals surface area contributed by atoms with E-state index in [2.05, 4.69) is 5.32 Å². The highest BCUT2D eigenvalue weighted by Gasteiger charge is 2.34. The van der Waals surface area contributed by atoms with E-state index in [0.29, 0.717) is 16.9 Å². The minimum atomic E-state index is -4.63. The first-order valence-corrected chi connectivity index (χ1v) is 7.79. The summed E-state index contributed by atoms with van der Waals surface area (Å²) in [5.41, 5.74) is 5.67. The Balaban J connectivity index is 2.02. The molecule has 0 bridgehead atoms. The van der Waals surface area contributed by atoms with Crippen LogP contribution in [-0.2, 0) is 6.18 Å². The van der Waals surface area contributed by atoms with Crippen LogP contribution in [0.1, 0.15) is 21.5 Å². The van der Waals surface area contributed by atoms with Crippen molar-refractivity contribution < 1.29 is 18.0 Å². The lowest BCUT2D eigenvalue weighted by Crippen LogP contribution is -2.12. The predicted octanol–water partition coefficient (Wildman–Crippen LogP) is 5.26. The van der Waals surface area contributed by atoms with Crippen LogP contribution in [0.3, 0.4) is 0 Å². The third kappa shape index (κ3) is 3.69. The molecule has 0 fully saturated rings. The molecule has 0 aliphatic heterocycles. The van der Waals surface area contributed by atoms with Crippen molar-refractivity contribution in [1.29, 1.82) is 0 Å². The number of alkyl halides is 3. The summed E-state index contributed by atoms with van der Waals surface area (Å²) in [5, 5.41) is 2.70. The molecular weight excluding hydrogens is 341 g/mol. The Bertz CT molecular complexity index is 937. The van der Waals surface area contributed by atoms with E-state index < -0.39 is 17.5 Å². The summed E-state index contributed by atoms with van der Waals surface area (Å²) in [6, 6.07) is 18.2. The van der Waals surface area contributed by atoms with Crippen LogP contribution in [-0.4, -0.2) is 5.78 Å². The van der Waals surface area contributed by atoms with Crippen molar-refractivity contribution >= 4 is 22.8 Å². The highest BCUT2D eigenvalue weighted by molar-refractivity contribution is 6.09. The minimum Gasteiger partial charge on any atom is -0.397 e. The molecule has 3 aromatic carbocycles. The van der Waals surface area contributed by atoms with Crippen molar-refractivity contribution in [3.8, 4) is 0 Å². The molecule has 0 aliphatic rings. The Morgan fingerprint density at radius 2 is 1.46 bits per heavy atom. The van der Waals surface area contributed by atoms with Crippen molar-refractivity contribution in [3.63, 3.8) is 0 Å². The van der Waals surface area contributed by atoms with Gasteiger partial charge in [-0.05, 0) is 30.3 Å². The summed E-state index contributed by atoms with van der Waals surface area (Å²) in [5.74, 6) is -0.470. The summed E-state index contributed by atoms with van der Waals surface area (Å²) in [6.45, 7) is 0. The molecule has 0 amide bonds. The number of nitrogen functional groups attached to an aromatic ring is 1. The largest absolute Gasteiger partial charge is 0.418 e. The molecule has 0 aliphatic carbocycles. The summed E-state index contributed by atoms with van der Waals surface area (Å²) >= 11 is 0. The van der Waals surface area contributed by atoms with Gasteiger partial charge in [-0.3, -0.25) is 4.79 Å². The molecule has 132 valence electrons. The number of rotatable bonds is 4. The molecule has 0 heterocycles. The van der Waals surface area contributed by atoms with E-state index in [4.69, 9.17) is 5.73 Å². The lowest BCUT2D eigenvalue weighted by Gasteiger charge is -2.17. The van der Waals surface area contributed by atoms with E-state index in [9.17, 15) is 18.0 Å². The SMILES string of the molecule is Nc1ccccc1Nc1ccc(C(=O)c2ccccc2)cc1C(F)(F)F. The van der Waals surface area contributed by atoms with Crippen LogP contribution < -0.4 is 11.1 Å². The van der Waals surface area contributed by atoms with Gasteiger partial charge in [0.15, 0.2) is 5.78 Å². The molecule has 0 saturated carbocycles. The summed E-state index contributed by atoms with van der Waals surface area (Å²) in [4.78, 5) is 12.4. The van der Waals surface area contributed by atoms with E-state index in [1.807, 2.05) is 0 Å². The molecule has 0 saturated heterocycles.